The summed E-state index contributed by atoms with van der Waals surface area (Å²) in [6.45, 7) is 0. The Bertz CT molecular complexity index is 1010. The molecule has 2 amide bonds. The van der Waals surface area contributed by atoms with Crippen molar-refractivity contribution >= 4 is 50.7 Å². The summed E-state index contributed by atoms with van der Waals surface area (Å²) in [5, 5.41) is 5.95. The standard InChI is InChI=1S/C20H13BrClFN2O2/c21-17-10-7-13(23)11-16(17)20(27)25-18-4-2-1-3-15(18)19(26)24-14-8-5-12(22)6-9-14/h1-11H,(H,24,26)(H,25,27). The highest BCUT2D eigenvalue weighted by molar-refractivity contribution is 9.10. The normalized spacial score (nSPS) is 10.3. The van der Waals surface area contributed by atoms with E-state index < -0.39 is 17.6 Å². The van der Waals surface area contributed by atoms with Crippen molar-refractivity contribution in [3.8, 4) is 0 Å². The van der Waals surface area contributed by atoms with E-state index in [2.05, 4.69) is 26.6 Å². The minimum absolute atomic E-state index is 0.128. The molecule has 0 radical (unpaired) electrons. The van der Waals surface area contributed by atoms with Gasteiger partial charge in [-0.05, 0) is 70.5 Å². The van der Waals surface area contributed by atoms with Crippen molar-refractivity contribution in [2.24, 2.45) is 0 Å². The summed E-state index contributed by atoms with van der Waals surface area (Å²) in [6, 6.07) is 17.0. The largest absolute Gasteiger partial charge is 0.322 e. The van der Waals surface area contributed by atoms with E-state index in [1.807, 2.05) is 0 Å². The predicted octanol–water partition coefficient (Wildman–Crippen LogP) is 5.75. The summed E-state index contributed by atoms with van der Waals surface area (Å²) in [4.78, 5) is 25.1. The van der Waals surface area contributed by atoms with E-state index >= 15 is 0 Å². The lowest BCUT2D eigenvalue weighted by molar-refractivity contribution is 0.102. The first-order valence-corrected chi connectivity index (χ1v) is 9.03. The van der Waals surface area contributed by atoms with E-state index in [1.165, 1.54) is 12.1 Å². The molecule has 136 valence electrons. The van der Waals surface area contributed by atoms with Crippen molar-refractivity contribution in [1.29, 1.82) is 0 Å². The second-order valence-electron chi connectivity index (χ2n) is 5.58. The Morgan fingerprint density at radius 3 is 2.26 bits per heavy atom. The number of para-hydroxylation sites is 1. The van der Waals surface area contributed by atoms with Gasteiger partial charge in [-0.15, -0.1) is 0 Å². The molecule has 0 atom stereocenters. The Morgan fingerprint density at radius 1 is 0.852 bits per heavy atom. The molecule has 0 aliphatic heterocycles. The molecule has 0 aliphatic carbocycles. The lowest BCUT2D eigenvalue weighted by atomic mass is 10.1. The Labute approximate surface area is 168 Å². The van der Waals surface area contributed by atoms with Crippen molar-refractivity contribution in [3.05, 3.63) is 93.2 Å². The molecule has 2 N–H and O–H groups in total. The summed E-state index contributed by atoms with van der Waals surface area (Å²) in [5.41, 5.74) is 1.28. The van der Waals surface area contributed by atoms with Gasteiger partial charge in [-0.1, -0.05) is 23.7 Å². The number of halogens is 3. The second kappa shape index (κ2) is 8.33. The van der Waals surface area contributed by atoms with Gasteiger partial charge in [-0.3, -0.25) is 9.59 Å². The molecule has 0 aromatic heterocycles. The minimum Gasteiger partial charge on any atom is -0.322 e. The number of rotatable bonds is 4. The van der Waals surface area contributed by atoms with Crippen molar-refractivity contribution in [2.75, 3.05) is 10.6 Å². The van der Waals surface area contributed by atoms with Crippen molar-refractivity contribution in [1.82, 2.24) is 0 Å². The molecule has 7 heteroatoms. The van der Waals surface area contributed by atoms with Gasteiger partial charge in [0.15, 0.2) is 0 Å². The number of carbonyl (C=O) groups is 2. The molecule has 0 spiro atoms. The fourth-order valence-corrected chi connectivity index (χ4v) is 2.94. The van der Waals surface area contributed by atoms with Crippen LogP contribution < -0.4 is 10.6 Å². The molecule has 0 aliphatic rings. The van der Waals surface area contributed by atoms with Crippen molar-refractivity contribution in [2.45, 2.75) is 0 Å². The van der Waals surface area contributed by atoms with E-state index in [9.17, 15) is 14.0 Å². The Balaban J connectivity index is 1.83. The van der Waals surface area contributed by atoms with Crippen LogP contribution in [0.15, 0.2) is 71.2 Å². The fraction of sp³-hybridized carbons (Fsp3) is 0. The average Bonchev–Trinajstić information content (AvgIpc) is 2.66. The summed E-state index contributed by atoms with van der Waals surface area (Å²) in [6.07, 6.45) is 0. The van der Waals surface area contributed by atoms with Gasteiger partial charge in [0, 0.05) is 15.2 Å². The molecular formula is C20H13BrClFN2O2. The lowest BCUT2D eigenvalue weighted by Gasteiger charge is -2.12. The Morgan fingerprint density at radius 2 is 1.52 bits per heavy atom. The molecule has 0 heterocycles. The third-order valence-electron chi connectivity index (χ3n) is 3.70. The smallest absolute Gasteiger partial charge is 0.257 e. The highest BCUT2D eigenvalue weighted by Crippen LogP contribution is 2.22. The van der Waals surface area contributed by atoms with Crippen LogP contribution in [0.5, 0.6) is 0 Å². The van der Waals surface area contributed by atoms with E-state index in [1.54, 1.807) is 48.5 Å². The molecule has 0 saturated heterocycles. The first-order valence-electron chi connectivity index (χ1n) is 7.86. The second-order valence-corrected chi connectivity index (χ2v) is 6.88. The number of amides is 2. The summed E-state index contributed by atoms with van der Waals surface area (Å²) < 4.78 is 13.9. The van der Waals surface area contributed by atoms with Gasteiger partial charge < -0.3 is 10.6 Å². The third-order valence-corrected chi connectivity index (χ3v) is 4.64. The zero-order chi connectivity index (χ0) is 19.4. The van der Waals surface area contributed by atoms with Crippen LogP contribution in [0.2, 0.25) is 5.02 Å². The highest BCUT2D eigenvalue weighted by Gasteiger charge is 2.16. The van der Waals surface area contributed by atoms with Crippen LogP contribution in [0.25, 0.3) is 0 Å². The van der Waals surface area contributed by atoms with Gasteiger partial charge in [0.05, 0.1) is 16.8 Å². The number of hydrogen-bond donors (Lipinski definition) is 2. The lowest BCUT2D eigenvalue weighted by Crippen LogP contribution is -2.18. The van der Waals surface area contributed by atoms with Crippen LogP contribution in [0, 0.1) is 5.82 Å². The minimum atomic E-state index is -0.534. The number of nitrogens with one attached hydrogen (secondary N) is 2. The van der Waals surface area contributed by atoms with Crippen LogP contribution in [-0.2, 0) is 0 Å². The third kappa shape index (κ3) is 4.72. The van der Waals surface area contributed by atoms with Gasteiger partial charge in [0.25, 0.3) is 11.8 Å². The zero-order valence-electron chi connectivity index (χ0n) is 13.8. The van der Waals surface area contributed by atoms with Gasteiger partial charge in [0.1, 0.15) is 5.82 Å². The van der Waals surface area contributed by atoms with E-state index in [0.717, 1.165) is 6.07 Å². The molecular weight excluding hydrogens is 435 g/mol. The fourth-order valence-electron chi connectivity index (χ4n) is 2.38. The van der Waals surface area contributed by atoms with Crippen LogP contribution >= 0.6 is 27.5 Å². The van der Waals surface area contributed by atoms with Crippen LogP contribution in [0.3, 0.4) is 0 Å². The van der Waals surface area contributed by atoms with E-state index in [4.69, 9.17) is 11.6 Å². The molecule has 4 nitrogen and oxygen atoms in total. The summed E-state index contributed by atoms with van der Waals surface area (Å²) in [7, 11) is 0. The first kappa shape index (κ1) is 19.1. The monoisotopic (exact) mass is 446 g/mol. The molecule has 0 saturated carbocycles. The first-order chi connectivity index (χ1) is 12.9. The van der Waals surface area contributed by atoms with Gasteiger partial charge >= 0.3 is 0 Å². The topological polar surface area (TPSA) is 58.2 Å². The molecule has 0 unspecified atom stereocenters. The molecule has 3 aromatic rings. The van der Waals surface area contributed by atoms with Crippen LogP contribution in [0.1, 0.15) is 20.7 Å². The van der Waals surface area contributed by atoms with Crippen molar-refractivity contribution < 1.29 is 14.0 Å². The maximum atomic E-state index is 13.5. The zero-order valence-corrected chi connectivity index (χ0v) is 16.1. The number of anilines is 2. The summed E-state index contributed by atoms with van der Waals surface area (Å²) in [5.74, 6) is -1.46. The number of carbonyl (C=O) groups excluding carboxylic acids is 2. The van der Waals surface area contributed by atoms with Gasteiger partial charge in [-0.2, -0.15) is 0 Å². The summed E-state index contributed by atoms with van der Waals surface area (Å²) >= 11 is 9.06. The van der Waals surface area contributed by atoms with Crippen LogP contribution in [-0.4, -0.2) is 11.8 Å². The van der Waals surface area contributed by atoms with Gasteiger partial charge in [-0.25, -0.2) is 4.39 Å². The van der Waals surface area contributed by atoms with Crippen LogP contribution in [0.4, 0.5) is 15.8 Å². The number of benzene rings is 3. The van der Waals surface area contributed by atoms with Crippen molar-refractivity contribution in [3.63, 3.8) is 0 Å². The quantitative estimate of drug-likeness (QED) is 0.535. The molecule has 0 fully saturated rings. The molecule has 0 bridgehead atoms. The Hall–Kier alpha value is -2.70. The van der Waals surface area contributed by atoms with E-state index in [-0.39, 0.29) is 11.1 Å². The molecule has 3 rings (SSSR count). The maximum Gasteiger partial charge on any atom is 0.257 e. The number of hydrogen-bond acceptors (Lipinski definition) is 2. The Kier molecular flexibility index (Phi) is 5.88. The average molecular weight is 448 g/mol. The van der Waals surface area contributed by atoms with E-state index in [0.29, 0.717) is 20.9 Å². The highest BCUT2D eigenvalue weighted by atomic mass is 79.9. The molecule has 27 heavy (non-hydrogen) atoms. The predicted molar refractivity (Wildman–Crippen MR) is 108 cm³/mol. The van der Waals surface area contributed by atoms with Gasteiger partial charge in [0.2, 0.25) is 0 Å². The maximum absolute atomic E-state index is 13.5. The SMILES string of the molecule is O=C(Nc1ccccc1C(=O)Nc1ccc(Cl)cc1)c1cc(F)ccc1Br. The molecule has 3 aromatic carbocycles.